The molecule has 2 aromatic heterocycles. The highest BCUT2D eigenvalue weighted by atomic mass is 32.1. The Hall–Kier alpha value is -2.45. The lowest BCUT2D eigenvalue weighted by molar-refractivity contribution is 0.311. The lowest BCUT2D eigenvalue weighted by atomic mass is 10.1. The quantitative estimate of drug-likeness (QED) is 0.727. The number of aryl methyl sites for hydroxylation is 1. The van der Waals surface area contributed by atoms with E-state index < -0.39 is 0 Å². The van der Waals surface area contributed by atoms with Gasteiger partial charge in [0.1, 0.15) is 5.75 Å². The topological polar surface area (TPSA) is 71.8 Å². The standard InChI is InChI=1S/C17H21N5O2S/c1-11-9-15(23)22-17(19-11)25-16(20-22)18-10-14(21(2)3)12-5-7-13(24-4)8-6-12/h5-9,14H,10H2,1-4H3,(H,18,20)/t14-/m1/s1. The van der Waals surface area contributed by atoms with Crippen LogP contribution in [0.15, 0.2) is 35.1 Å². The van der Waals surface area contributed by atoms with Gasteiger partial charge in [0, 0.05) is 18.3 Å². The molecule has 0 amide bonds. The lowest BCUT2D eigenvalue weighted by Gasteiger charge is -2.25. The van der Waals surface area contributed by atoms with Crippen molar-refractivity contribution in [1.29, 1.82) is 0 Å². The van der Waals surface area contributed by atoms with Crippen LogP contribution in [-0.4, -0.2) is 47.2 Å². The first kappa shape index (κ1) is 17.4. The monoisotopic (exact) mass is 359 g/mol. The Morgan fingerprint density at radius 1 is 1.32 bits per heavy atom. The van der Waals surface area contributed by atoms with E-state index in [4.69, 9.17) is 4.74 Å². The summed E-state index contributed by atoms with van der Waals surface area (Å²) < 4.78 is 6.55. The van der Waals surface area contributed by atoms with Crippen LogP contribution >= 0.6 is 11.3 Å². The Labute approximate surface area is 149 Å². The number of benzene rings is 1. The zero-order chi connectivity index (χ0) is 18.0. The highest BCUT2D eigenvalue weighted by Crippen LogP contribution is 2.23. The van der Waals surface area contributed by atoms with Gasteiger partial charge >= 0.3 is 0 Å². The number of ether oxygens (including phenoxy) is 1. The number of anilines is 1. The van der Waals surface area contributed by atoms with Crippen LogP contribution in [0, 0.1) is 6.92 Å². The number of likely N-dealkylation sites (N-methyl/N-ethyl adjacent to an activating group) is 1. The van der Waals surface area contributed by atoms with Crippen molar-refractivity contribution in [3.63, 3.8) is 0 Å². The minimum Gasteiger partial charge on any atom is -0.497 e. The number of hydrogen-bond donors (Lipinski definition) is 1. The van der Waals surface area contributed by atoms with Crippen LogP contribution in [-0.2, 0) is 0 Å². The van der Waals surface area contributed by atoms with Crippen LogP contribution in [0.4, 0.5) is 5.13 Å². The Balaban J connectivity index is 1.79. The van der Waals surface area contributed by atoms with E-state index in [1.807, 2.05) is 26.2 Å². The molecule has 1 atom stereocenters. The molecule has 0 saturated carbocycles. The maximum atomic E-state index is 12.0. The molecule has 1 N–H and O–H groups in total. The van der Waals surface area contributed by atoms with Crippen LogP contribution in [0.25, 0.3) is 4.96 Å². The Kier molecular flexibility index (Phi) is 5.00. The van der Waals surface area contributed by atoms with Gasteiger partial charge in [-0.2, -0.15) is 4.52 Å². The van der Waals surface area contributed by atoms with Gasteiger partial charge in [-0.05, 0) is 38.7 Å². The second-order valence-electron chi connectivity index (χ2n) is 5.97. The molecular weight excluding hydrogens is 338 g/mol. The van der Waals surface area contributed by atoms with Crippen LogP contribution in [0.1, 0.15) is 17.3 Å². The highest BCUT2D eigenvalue weighted by Gasteiger charge is 2.15. The molecule has 0 saturated heterocycles. The zero-order valence-corrected chi connectivity index (χ0v) is 15.5. The van der Waals surface area contributed by atoms with Gasteiger partial charge in [-0.1, -0.05) is 23.5 Å². The molecule has 0 aliphatic rings. The van der Waals surface area contributed by atoms with Crippen LogP contribution in [0.2, 0.25) is 0 Å². The number of nitrogens with zero attached hydrogens (tertiary/aromatic N) is 4. The first-order valence-electron chi connectivity index (χ1n) is 7.89. The normalized spacial score (nSPS) is 12.5. The van der Waals surface area contributed by atoms with Gasteiger partial charge in [0.05, 0.1) is 13.2 Å². The fourth-order valence-electron chi connectivity index (χ4n) is 2.60. The molecule has 0 spiro atoms. The third-order valence-corrected chi connectivity index (χ3v) is 4.81. The van der Waals surface area contributed by atoms with Gasteiger partial charge in [0.25, 0.3) is 5.56 Å². The summed E-state index contributed by atoms with van der Waals surface area (Å²) in [6, 6.07) is 9.66. The van der Waals surface area contributed by atoms with E-state index in [0.29, 0.717) is 22.3 Å². The predicted molar refractivity (Wildman–Crippen MR) is 99.8 cm³/mol. The maximum absolute atomic E-state index is 12.0. The van der Waals surface area contributed by atoms with Gasteiger partial charge in [-0.25, -0.2) is 4.98 Å². The molecule has 7 nitrogen and oxygen atoms in total. The van der Waals surface area contributed by atoms with E-state index in [0.717, 1.165) is 5.75 Å². The van der Waals surface area contributed by atoms with Crippen molar-refractivity contribution in [2.45, 2.75) is 13.0 Å². The average Bonchev–Trinajstić information content (AvgIpc) is 2.98. The molecule has 1 aromatic carbocycles. The first-order valence-corrected chi connectivity index (χ1v) is 8.71. The van der Waals surface area contributed by atoms with Gasteiger partial charge in [0.2, 0.25) is 10.1 Å². The minimum absolute atomic E-state index is 0.157. The number of hydrogen-bond acceptors (Lipinski definition) is 7. The van der Waals surface area contributed by atoms with Crippen LogP contribution < -0.4 is 15.6 Å². The van der Waals surface area contributed by atoms with Gasteiger partial charge in [0.15, 0.2) is 0 Å². The molecule has 2 heterocycles. The zero-order valence-electron chi connectivity index (χ0n) is 14.7. The van der Waals surface area contributed by atoms with Crippen molar-refractivity contribution in [3.8, 4) is 5.75 Å². The molecule has 0 bridgehead atoms. The van der Waals surface area contributed by atoms with Crippen LogP contribution in [0.5, 0.6) is 5.75 Å². The molecule has 0 unspecified atom stereocenters. The number of nitrogens with one attached hydrogen (secondary N) is 1. The lowest BCUT2D eigenvalue weighted by Crippen LogP contribution is -2.27. The smallest absolute Gasteiger partial charge is 0.275 e. The Morgan fingerprint density at radius 3 is 2.68 bits per heavy atom. The van der Waals surface area contributed by atoms with E-state index in [-0.39, 0.29) is 11.6 Å². The molecule has 0 aliphatic carbocycles. The fraction of sp³-hybridized carbons (Fsp3) is 0.353. The summed E-state index contributed by atoms with van der Waals surface area (Å²) in [4.78, 5) is 19.0. The summed E-state index contributed by atoms with van der Waals surface area (Å²) in [5.74, 6) is 0.834. The average molecular weight is 359 g/mol. The van der Waals surface area contributed by atoms with Crippen molar-refractivity contribution >= 4 is 21.4 Å². The summed E-state index contributed by atoms with van der Waals surface area (Å²) in [7, 11) is 5.72. The molecule has 3 aromatic rings. The van der Waals surface area contributed by atoms with E-state index in [1.165, 1.54) is 27.5 Å². The molecule has 3 rings (SSSR count). The second kappa shape index (κ2) is 7.20. The van der Waals surface area contributed by atoms with E-state index in [1.54, 1.807) is 14.0 Å². The summed E-state index contributed by atoms with van der Waals surface area (Å²) >= 11 is 1.37. The Morgan fingerprint density at radius 2 is 2.04 bits per heavy atom. The molecular formula is C17H21N5O2S. The van der Waals surface area contributed by atoms with Crippen LogP contribution in [0.3, 0.4) is 0 Å². The van der Waals surface area contributed by atoms with Crippen molar-refractivity contribution in [3.05, 3.63) is 51.9 Å². The Bertz CT molecular complexity index is 917. The number of rotatable bonds is 6. The fourth-order valence-corrected chi connectivity index (χ4v) is 3.46. The maximum Gasteiger partial charge on any atom is 0.275 e. The van der Waals surface area contributed by atoms with Gasteiger partial charge in [-0.3, -0.25) is 4.79 Å². The van der Waals surface area contributed by atoms with Crippen molar-refractivity contribution < 1.29 is 4.74 Å². The van der Waals surface area contributed by atoms with Crippen molar-refractivity contribution in [1.82, 2.24) is 19.5 Å². The number of aromatic nitrogens is 3. The number of fused-ring (bicyclic) bond motifs is 1. The van der Waals surface area contributed by atoms with E-state index in [9.17, 15) is 4.79 Å². The van der Waals surface area contributed by atoms with Crippen molar-refractivity contribution in [2.24, 2.45) is 0 Å². The molecule has 0 fully saturated rings. The SMILES string of the molecule is COc1ccc([C@@H](CNc2nn3c(=O)cc(C)nc3s2)N(C)C)cc1. The van der Waals surface area contributed by atoms with Gasteiger partial charge < -0.3 is 15.0 Å². The summed E-state index contributed by atoms with van der Waals surface area (Å²) in [5, 5.41) is 8.32. The van der Waals surface area contributed by atoms with E-state index in [2.05, 4.69) is 32.4 Å². The highest BCUT2D eigenvalue weighted by molar-refractivity contribution is 7.20. The summed E-state index contributed by atoms with van der Waals surface area (Å²) in [6.07, 6.45) is 0. The van der Waals surface area contributed by atoms with Gasteiger partial charge in [-0.15, -0.1) is 5.10 Å². The predicted octanol–water partition coefficient (Wildman–Crippen LogP) is 2.18. The van der Waals surface area contributed by atoms with E-state index >= 15 is 0 Å². The first-order chi connectivity index (χ1) is 12.0. The summed E-state index contributed by atoms with van der Waals surface area (Å²) in [6.45, 7) is 2.47. The third-order valence-electron chi connectivity index (χ3n) is 3.94. The van der Waals surface area contributed by atoms with Crippen molar-refractivity contribution in [2.75, 3.05) is 33.1 Å². The summed E-state index contributed by atoms with van der Waals surface area (Å²) in [5.41, 5.74) is 1.71. The minimum atomic E-state index is -0.161. The third kappa shape index (κ3) is 3.80. The molecule has 0 aliphatic heterocycles. The molecule has 25 heavy (non-hydrogen) atoms. The second-order valence-corrected chi connectivity index (χ2v) is 6.93. The molecule has 132 valence electrons. The molecule has 8 heteroatoms. The number of methoxy groups -OCH3 is 1. The largest absolute Gasteiger partial charge is 0.497 e. The molecule has 0 radical (unpaired) electrons.